The minimum absolute atomic E-state index is 0.744. The molecular formula is C11H7ClN2. The zero-order chi connectivity index (χ0) is 9.54. The molecule has 0 bridgehead atoms. The van der Waals surface area contributed by atoms with Gasteiger partial charge < -0.3 is 4.98 Å². The number of halogens is 1. The highest BCUT2D eigenvalue weighted by molar-refractivity contribution is 6.31. The van der Waals surface area contributed by atoms with Crippen LogP contribution in [0.2, 0.25) is 5.02 Å². The van der Waals surface area contributed by atoms with E-state index in [0.717, 1.165) is 26.8 Å². The van der Waals surface area contributed by atoms with E-state index in [9.17, 15) is 0 Å². The molecule has 0 amide bonds. The fraction of sp³-hybridized carbons (Fsp3) is 0. The zero-order valence-corrected chi connectivity index (χ0v) is 8.05. The molecule has 0 radical (unpaired) electrons. The number of nitrogens with zero attached hydrogens (tertiary/aromatic N) is 1. The third-order valence-electron chi connectivity index (χ3n) is 2.37. The molecule has 0 saturated heterocycles. The van der Waals surface area contributed by atoms with Crippen molar-refractivity contribution in [2.24, 2.45) is 0 Å². The summed E-state index contributed by atoms with van der Waals surface area (Å²) in [6.45, 7) is 0. The molecule has 1 aromatic heterocycles. The summed E-state index contributed by atoms with van der Waals surface area (Å²) in [6.07, 6.45) is 1.70. The molecule has 0 fully saturated rings. The highest BCUT2D eigenvalue weighted by atomic mass is 35.5. The smallest absolute Gasteiger partial charge is 0.0961 e. The lowest BCUT2D eigenvalue weighted by Crippen LogP contribution is -1.75. The lowest BCUT2D eigenvalue weighted by atomic mass is 10.1. The average molecular weight is 203 g/mol. The normalized spacial score (nSPS) is 11.2. The average Bonchev–Trinajstić information content (AvgIpc) is 2.65. The van der Waals surface area contributed by atoms with Gasteiger partial charge in [-0.1, -0.05) is 23.7 Å². The number of benzene rings is 2. The monoisotopic (exact) mass is 202 g/mol. The first-order valence-corrected chi connectivity index (χ1v) is 4.74. The van der Waals surface area contributed by atoms with Gasteiger partial charge in [-0.3, -0.25) is 0 Å². The molecule has 0 aliphatic carbocycles. The summed E-state index contributed by atoms with van der Waals surface area (Å²) in [7, 11) is 0. The highest BCUT2D eigenvalue weighted by Crippen LogP contribution is 2.25. The highest BCUT2D eigenvalue weighted by Gasteiger charge is 2.02. The van der Waals surface area contributed by atoms with Gasteiger partial charge in [0.05, 0.1) is 17.4 Å². The molecule has 1 heterocycles. The largest absolute Gasteiger partial charge is 0.345 e. The molecular weight excluding hydrogens is 196 g/mol. The molecule has 0 aliphatic heterocycles. The van der Waals surface area contributed by atoms with Gasteiger partial charge in [0.15, 0.2) is 0 Å². The van der Waals surface area contributed by atoms with E-state index in [4.69, 9.17) is 11.6 Å². The van der Waals surface area contributed by atoms with Crippen molar-refractivity contribution in [3.8, 4) is 0 Å². The molecule has 3 rings (SSSR count). The van der Waals surface area contributed by atoms with Gasteiger partial charge >= 0.3 is 0 Å². The fourth-order valence-electron chi connectivity index (χ4n) is 1.70. The van der Waals surface area contributed by atoms with Gasteiger partial charge in [-0.2, -0.15) is 0 Å². The topological polar surface area (TPSA) is 28.7 Å². The molecule has 14 heavy (non-hydrogen) atoms. The Labute approximate surface area is 85.5 Å². The van der Waals surface area contributed by atoms with Gasteiger partial charge in [0.1, 0.15) is 0 Å². The summed E-state index contributed by atoms with van der Waals surface area (Å²) in [4.78, 5) is 7.35. The number of fused-ring (bicyclic) bond motifs is 3. The summed E-state index contributed by atoms with van der Waals surface area (Å²) in [5.74, 6) is 0. The molecule has 0 unspecified atom stereocenters. The minimum atomic E-state index is 0.744. The quantitative estimate of drug-likeness (QED) is 0.595. The van der Waals surface area contributed by atoms with Crippen molar-refractivity contribution in [1.82, 2.24) is 9.97 Å². The first-order chi connectivity index (χ1) is 6.84. The second kappa shape index (κ2) is 2.72. The van der Waals surface area contributed by atoms with E-state index in [1.165, 1.54) is 0 Å². The molecule has 1 N–H and O–H groups in total. The Morgan fingerprint density at radius 1 is 1.14 bits per heavy atom. The van der Waals surface area contributed by atoms with Crippen molar-refractivity contribution in [1.29, 1.82) is 0 Å². The van der Waals surface area contributed by atoms with E-state index in [0.29, 0.717) is 0 Å². The Morgan fingerprint density at radius 2 is 2.00 bits per heavy atom. The van der Waals surface area contributed by atoms with Gasteiger partial charge in [-0.05, 0) is 23.6 Å². The molecule has 0 atom stereocenters. The number of rotatable bonds is 0. The number of imidazole rings is 1. The van der Waals surface area contributed by atoms with Crippen LogP contribution in [0.5, 0.6) is 0 Å². The van der Waals surface area contributed by atoms with Crippen LogP contribution in [0.4, 0.5) is 0 Å². The van der Waals surface area contributed by atoms with E-state index in [1.54, 1.807) is 6.33 Å². The van der Waals surface area contributed by atoms with Gasteiger partial charge in [-0.25, -0.2) is 4.98 Å². The Bertz CT molecular complexity index is 613. The molecule has 0 spiro atoms. The standard InChI is InChI=1S/C11H7ClN2/c12-8-3-1-7-2-4-10-11(9(7)5-8)14-6-13-10/h1-6H,(H,13,14). The zero-order valence-electron chi connectivity index (χ0n) is 7.29. The van der Waals surface area contributed by atoms with Gasteiger partial charge in [0.25, 0.3) is 0 Å². The molecule has 3 aromatic rings. The van der Waals surface area contributed by atoms with Gasteiger partial charge in [-0.15, -0.1) is 0 Å². The lowest BCUT2D eigenvalue weighted by molar-refractivity contribution is 1.35. The maximum Gasteiger partial charge on any atom is 0.0961 e. The lowest BCUT2D eigenvalue weighted by Gasteiger charge is -1.98. The van der Waals surface area contributed by atoms with Crippen LogP contribution in [-0.2, 0) is 0 Å². The van der Waals surface area contributed by atoms with Crippen LogP contribution >= 0.6 is 11.6 Å². The van der Waals surface area contributed by atoms with E-state index in [2.05, 4.69) is 16.0 Å². The van der Waals surface area contributed by atoms with E-state index in [1.807, 2.05) is 24.3 Å². The number of hydrogen-bond donors (Lipinski definition) is 1. The predicted molar refractivity (Wildman–Crippen MR) is 58.6 cm³/mol. The maximum atomic E-state index is 5.95. The fourth-order valence-corrected chi connectivity index (χ4v) is 1.87. The number of nitrogens with one attached hydrogen (secondary N) is 1. The Hall–Kier alpha value is -1.54. The summed E-state index contributed by atoms with van der Waals surface area (Å²) >= 11 is 5.95. The van der Waals surface area contributed by atoms with E-state index < -0.39 is 0 Å². The molecule has 0 saturated carbocycles. The molecule has 0 aliphatic rings. The van der Waals surface area contributed by atoms with Crippen LogP contribution in [0.15, 0.2) is 36.7 Å². The van der Waals surface area contributed by atoms with Crippen LogP contribution in [-0.4, -0.2) is 9.97 Å². The molecule has 2 nitrogen and oxygen atoms in total. The van der Waals surface area contributed by atoms with Crippen LogP contribution in [0, 0.1) is 0 Å². The second-order valence-electron chi connectivity index (χ2n) is 3.23. The van der Waals surface area contributed by atoms with Crippen molar-refractivity contribution in [3.63, 3.8) is 0 Å². The Balaban J connectivity index is 2.60. The number of H-pyrrole nitrogens is 1. The predicted octanol–water partition coefficient (Wildman–Crippen LogP) is 3.37. The van der Waals surface area contributed by atoms with Crippen LogP contribution in [0.3, 0.4) is 0 Å². The molecule has 3 heteroatoms. The number of aromatic nitrogens is 2. The maximum absolute atomic E-state index is 5.95. The van der Waals surface area contributed by atoms with Crippen LogP contribution in [0.25, 0.3) is 21.8 Å². The molecule has 2 aromatic carbocycles. The van der Waals surface area contributed by atoms with Crippen molar-refractivity contribution < 1.29 is 0 Å². The molecule has 68 valence electrons. The third-order valence-corrected chi connectivity index (χ3v) is 2.60. The van der Waals surface area contributed by atoms with Crippen LogP contribution < -0.4 is 0 Å². The van der Waals surface area contributed by atoms with Crippen LogP contribution in [0.1, 0.15) is 0 Å². The Kier molecular flexibility index (Phi) is 1.52. The van der Waals surface area contributed by atoms with Crippen molar-refractivity contribution >= 4 is 33.4 Å². The van der Waals surface area contributed by atoms with Crippen molar-refractivity contribution in [2.45, 2.75) is 0 Å². The number of hydrogen-bond acceptors (Lipinski definition) is 1. The summed E-state index contributed by atoms with van der Waals surface area (Å²) in [6, 6.07) is 9.93. The van der Waals surface area contributed by atoms with E-state index in [-0.39, 0.29) is 0 Å². The Morgan fingerprint density at radius 3 is 2.93 bits per heavy atom. The van der Waals surface area contributed by atoms with Gasteiger partial charge in [0, 0.05) is 10.4 Å². The second-order valence-corrected chi connectivity index (χ2v) is 3.67. The summed E-state index contributed by atoms with van der Waals surface area (Å²) < 4.78 is 0. The number of aromatic amines is 1. The van der Waals surface area contributed by atoms with Crippen molar-refractivity contribution in [2.75, 3.05) is 0 Å². The third kappa shape index (κ3) is 1.01. The first kappa shape index (κ1) is 7.83. The van der Waals surface area contributed by atoms with Gasteiger partial charge in [0.2, 0.25) is 0 Å². The first-order valence-electron chi connectivity index (χ1n) is 4.36. The SMILES string of the molecule is Clc1ccc2ccc3[nH]cnc3c2c1. The van der Waals surface area contributed by atoms with E-state index >= 15 is 0 Å². The van der Waals surface area contributed by atoms with Crippen molar-refractivity contribution in [3.05, 3.63) is 41.7 Å². The minimum Gasteiger partial charge on any atom is -0.345 e. The summed E-state index contributed by atoms with van der Waals surface area (Å²) in [5.41, 5.74) is 2.02. The summed E-state index contributed by atoms with van der Waals surface area (Å²) in [5, 5.41) is 3.00.